The van der Waals surface area contributed by atoms with Crippen LogP contribution in [0.5, 0.6) is 0 Å². The normalized spacial score (nSPS) is 16.8. The van der Waals surface area contributed by atoms with Crippen LogP contribution >= 0.6 is 39.0 Å². The van der Waals surface area contributed by atoms with Crippen molar-refractivity contribution < 1.29 is 9.59 Å². The highest BCUT2D eigenvalue weighted by atomic mass is 79.9. The van der Waals surface area contributed by atoms with Gasteiger partial charge in [-0.15, -0.1) is 11.3 Å². The van der Waals surface area contributed by atoms with Gasteiger partial charge in [0.05, 0.1) is 22.4 Å². The van der Waals surface area contributed by atoms with Crippen LogP contribution in [0.15, 0.2) is 56.9 Å². The highest BCUT2D eigenvalue weighted by Crippen LogP contribution is 2.37. The van der Waals surface area contributed by atoms with Gasteiger partial charge in [0.1, 0.15) is 0 Å². The zero-order chi connectivity index (χ0) is 18.5. The van der Waals surface area contributed by atoms with Crippen molar-refractivity contribution in [3.63, 3.8) is 0 Å². The number of nitrogens with one attached hydrogen (secondary N) is 2. The molecular formula is C18H14BrN3O2S2. The lowest BCUT2D eigenvalue weighted by Gasteiger charge is -2.23. The Hall–Kier alpha value is -2.08. The summed E-state index contributed by atoms with van der Waals surface area (Å²) in [5, 5.41) is 17.5. The van der Waals surface area contributed by atoms with Crippen molar-refractivity contribution in [1.82, 2.24) is 5.32 Å². The summed E-state index contributed by atoms with van der Waals surface area (Å²) in [5.74, 6) is -0.489. The fourth-order valence-corrected chi connectivity index (χ4v) is 4.68. The Bertz CT molecular complexity index is 903. The summed E-state index contributed by atoms with van der Waals surface area (Å²) >= 11 is 6.05. The maximum atomic E-state index is 12.2. The van der Waals surface area contributed by atoms with Crippen LogP contribution in [0.3, 0.4) is 0 Å². The molecule has 1 aliphatic heterocycles. The van der Waals surface area contributed by atoms with Gasteiger partial charge in [0.25, 0.3) is 0 Å². The fraction of sp³-hybridized carbons (Fsp3) is 0.167. The Labute approximate surface area is 167 Å². The molecule has 0 spiro atoms. The predicted octanol–water partition coefficient (Wildman–Crippen LogP) is 4.22. The van der Waals surface area contributed by atoms with Crippen molar-refractivity contribution in [3.05, 3.63) is 61.7 Å². The molecule has 2 amide bonds. The number of amides is 2. The second-order valence-corrected chi connectivity index (χ2v) is 8.40. The third kappa shape index (κ3) is 4.55. The van der Waals surface area contributed by atoms with Crippen molar-refractivity contribution in [2.75, 3.05) is 11.1 Å². The van der Waals surface area contributed by atoms with Crippen molar-refractivity contribution in [1.29, 1.82) is 5.26 Å². The van der Waals surface area contributed by atoms with Crippen LogP contribution < -0.4 is 10.6 Å². The number of hydrogen-bond donors (Lipinski definition) is 2. The Balaban J connectivity index is 1.71. The Morgan fingerprint density at radius 1 is 1.42 bits per heavy atom. The standard InChI is InChI=1S/C18H14BrN3O2S2/c19-11-3-1-4-12(7-11)21-17(24)10-26-18-14(9-20)13(8-16(23)22-18)15-5-2-6-25-15/h1-7,13H,8,10H2,(H,21,24)(H,22,23)/t13-/m0/s1. The lowest BCUT2D eigenvalue weighted by atomic mass is 9.93. The minimum atomic E-state index is -0.246. The van der Waals surface area contributed by atoms with E-state index < -0.39 is 0 Å². The number of thioether (sulfide) groups is 1. The van der Waals surface area contributed by atoms with Crippen LogP contribution in [-0.4, -0.2) is 17.6 Å². The maximum Gasteiger partial charge on any atom is 0.234 e. The van der Waals surface area contributed by atoms with Crippen LogP contribution in [0.4, 0.5) is 5.69 Å². The molecule has 0 unspecified atom stereocenters. The smallest absolute Gasteiger partial charge is 0.234 e. The predicted molar refractivity (Wildman–Crippen MR) is 108 cm³/mol. The van der Waals surface area contributed by atoms with Crippen LogP contribution in [0.1, 0.15) is 17.2 Å². The summed E-state index contributed by atoms with van der Waals surface area (Å²) < 4.78 is 0.871. The van der Waals surface area contributed by atoms with Crippen LogP contribution in [0.25, 0.3) is 0 Å². The fourth-order valence-electron chi connectivity index (χ4n) is 2.57. The minimum Gasteiger partial charge on any atom is -0.325 e. The van der Waals surface area contributed by atoms with Gasteiger partial charge in [-0.25, -0.2) is 0 Å². The first-order valence-corrected chi connectivity index (χ1v) is 10.4. The number of halogens is 1. The molecule has 2 heterocycles. The molecule has 2 N–H and O–H groups in total. The Morgan fingerprint density at radius 3 is 2.96 bits per heavy atom. The monoisotopic (exact) mass is 447 g/mol. The lowest BCUT2D eigenvalue weighted by Crippen LogP contribution is -2.31. The zero-order valence-corrected chi connectivity index (χ0v) is 16.7. The number of nitrogens with zero attached hydrogens (tertiary/aromatic N) is 1. The molecular weight excluding hydrogens is 434 g/mol. The van der Waals surface area contributed by atoms with E-state index in [0.29, 0.717) is 16.3 Å². The van der Waals surface area contributed by atoms with E-state index in [9.17, 15) is 14.9 Å². The SMILES string of the molecule is N#CC1=C(SCC(=O)Nc2cccc(Br)c2)NC(=O)C[C@@H]1c1cccs1. The summed E-state index contributed by atoms with van der Waals surface area (Å²) in [7, 11) is 0. The van der Waals surface area contributed by atoms with Crippen LogP contribution in [-0.2, 0) is 9.59 Å². The molecule has 1 aliphatic rings. The van der Waals surface area contributed by atoms with Crippen molar-refractivity contribution in [2.45, 2.75) is 12.3 Å². The molecule has 0 fully saturated rings. The van der Waals surface area contributed by atoms with E-state index in [4.69, 9.17) is 0 Å². The lowest BCUT2D eigenvalue weighted by molar-refractivity contribution is -0.121. The van der Waals surface area contributed by atoms with Crippen molar-refractivity contribution in [3.8, 4) is 6.07 Å². The van der Waals surface area contributed by atoms with Gasteiger partial charge in [0.2, 0.25) is 11.8 Å². The van der Waals surface area contributed by atoms with Gasteiger partial charge in [-0.3, -0.25) is 9.59 Å². The summed E-state index contributed by atoms with van der Waals surface area (Å²) in [6.07, 6.45) is 0.248. The molecule has 1 aromatic heterocycles. The van der Waals surface area contributed by atoms with E-state index in [0.717, 1.165) is 9.35 Å². The summed E-state index contributed by atoms with van der Waals surface area (Å²) in [5.41, 5.74) is 1.19. The number of hydrogen-bond acceptors (Lipinski definition) is 5. The molecule has 0 bridgehead atoms. The number of carbonyl (C=O) groups excluding carboxylic acids is 2. The number of carbonyl (C=O) groups is 2. The van der Waals surface area contributed by atoms with Gasteiger partial charge >= 0.3 is 0 Å². The quantitative estimate of drug-likeness (QED) is 0.718. The first kappa shape index (κ1) is 18.7. The number of rotatable bonds is 5. The van der Waals surface area contributed by atoms with E-state index in [2.05, 4.69) is 32.6 Å². The van der Waals surface area contributed by atoms with Crippen LogP contribution in [0.2, 0.25) is 0 Å². The highest BCUT2D eigenvalue weighted by molar-refractivity contribution is 9.10. The highest BCUT2D eigenvalue weighted by Gasteiger charge is 2.30. The molecule has 5 nitrogen and oxygen atoms in total. The van der Waals surface area contributed by atoms with E-state index in [1.54, 1.807) is 12.1 Å². The van der Waals surface area contributed by atoms with Gasteiger partial charge in [-0.1, -0.05) is 39.8 Å². The zero-order valence-electron chi connectivity index (χ0n) is 13.5. The van der Waals surface area contributed by atoms with Crippen molar-refractivity contribution in [2.24, 2.45) is 0 Å². The third-order valence-corrected chi connectivity index (χ3v) is 6.20. The van der Waals surface area contributed by atoms with Crippen LogP contribution in [0, 0.1) is 11.3 Å². The molecule has 1 atom stereocenters. The Kier molecular flexibility index (Phi) is 6.14. The topological polar surface area (TPSA) is 82.0 Å². The van der Waals surface area contributed by atoms with Gasteiger partial charge in [0.15, 0.2) is 0 Å². The maximum absolute atomic E-state index is 12.2. The first-order chi connectivity index (χ1) is 12.6. The van der Waals surface area contributed by atoms with E-state index >= 15 is 0 Å². The molecule has 0 saturated carbocycles. The second-order valence-electron chi connectivity index (χ2n) is 5.52. The molecule has 0 radical (unpaired) electrons. The van der Waals surface area contributed by atoms with Gasteiger partial charge < -0.3 is 10.6 Å². The molecule has 1 aromatic carbocycles. The largest absolute Gasteiger partial charge is 0.325 e. The molecule has 8 heteroatoms. The Morgan fingerprint density at radius 2 is 2.27 bits per heavy atom. The average Bonchev–Trinajstić information content (AvgIpc) is 3.14. The van der Waals surface area contributed by atoms with E-state index in [1.165, 1.54) is 23.1 Å². The third-order valence-electron chi connectivity index (χ3n) is 3.70. The minimum absolute atomic E-state index is 0.102. The van der Waals surface area contributed by atoms with Gasteiger partial charge in [-0.05, 0) is 29.6 Å². The van der Waals surface area contributed by atoms with Gasteiger partial charge in [-0.2, -0.15) is 5.26 Å². The number of benzene rings is 1. The number of nitriles is 1. The molecule has 26 heavy (non-hydrogen) atoms. The molecule has 3 rings (SSSR count). The second kappa shape index (κ2) is 8.54. The van der Waals surface area contributed by atoms with E-state index in [1.807, 2.05) is 29.6 Å². The first-order valence-electron chi connectivity index (χ1n) is 7.72. The van der Waals surface area contributed by atoms with E-state index in [-0.39, 0.29) is 29.9 Å². The summed E-state index contributed by atoms with van der Waals surface area (Å²) in [6, 6.07) is 13.3. The number of thiophene rings is 1. The molecule has 0 saturated heterocycles. The number of anilines is 1. The molecule has 2 aromatic rings. The number of allylic oxidation sites excluding steroid dienone is 1. The molecule has 132 valence electrons. The summed E-state index contributed by atoms with van der Waals surface area (Å²) in [4.78, 5) is 25.2. The molecule has 0 aliphatic carbocycles. The summed E-state index contributed by atoms with van der Waals surface area (Å²) in [6.45, 7) is 0. The average molecular weight is 448 g/mol. The van der Waals surface area contributed by atoms with Gasteiger partial charge in [0, 0.05) is 27.4 Å². The van der Waals surface area contributed by atoms with Crippen molar-refractivity contribution >= 4 is 56.5 Å².